The lowest BCUT2D eigenvalue weighted by Crippen LogP contribution is -2.08. The highest BCUT2D eigenvalue weighted by Crippen LogP contribution is 2.36. The Balaban J connectivity index is 2.90. The first-order valence-electron chi connectivity index (χ1n) is 4.40. The average molecular weight is 305 g/mol. The fourth-order valence-corrected chi connectivity index (χ4v) is 1.45. The maximum atomic E-state index is 12.5. The lowest BCUT2D eigenvalue weighted by Gasteiger charge is -2.12. The standard InChI is InChI=1S/C10H7Cl3F3N/c11-4-6(12)5-17-7-1-2-9(13)8(3-7)10(14,15)16/h1-4,17H,5H2. The van der Waals surface area contributed by atoms with E-state index in [9.17, 15) is 13.2 Å². The maximum absolute atomic E-state index is 12.5. The van der Waals surface area contributed by atoms with Crippen molar-refractivity contribution in [2.24, 2.45) is 0 Å². The Morgan fingerprint density at radius 2 is 2.00 bits per heavy atom. The number of hydrogen-bond donors (Lipinski definition) is 1. The van der Waals surface area contributed by atoms with Crippen LogP contribution in [0.15, 0.2) is 28.8 Å². The highest BCUT2D eigenvalue weighted by molar-refractivity contribution is 6.36. The van der Waals surface area contributed by atoms with Crippen molar-refractivity contribution in [2.75, 3.05) is 11.9 Å². The highest BCUT2D eigenvalue weighted by atomic mass is 35.5. The molecule has 0 aromatic heterocycles. The van der Waals surface area contributed by atoms with Crippen molar-refractivity contribution < 1.29 is 13.2 Å². The van der Waals surface area contributed by atoms with Crippen molar-refractivity contribution in [1.82, 2.24) is 0 Å². The van der Waals surface area contributed by atoms with Crippen LogP contribution in [0.4, 0.5) is 18.9 Å². The molecule has 0 saturated carbocycles. The number of nitrogens with one attached hydrogen (secondary N) is 1. The Hall–Kier alpha value is -0.580. The van der Waals surface area contributed by atoms with Gasteiger partial charge in [0.2, 0.25) is 0 Å². The van der Waals surface area contributed by atoms with Crippen LogP contribution in [0.25, 0.3) is 0 Å². The first-order chi connectivity index (χ1) is 7.84. The number of halogens is 6. The predicted octanol–water partition coefficient (Wildman–Crippen LogP) is 5.09. The molecule has 1 nitrogen and oxygen atoms in total. The SMILES string of the molecule is FC(F)(F)c1cc(NCC(Cl)=CCl)ccc1Cl. The summed E-state index contributed by atoms with van der Waals surface area (Å²) in [6.45, 7) is 0.143. The highest BCUT2D eigenvalue weighted by Gasteiger charge is 2.33. The molecule has 0 spiro atoms. The molecule has 94 valence electrons. The minimum atomic E-state index is -4.49. The van der Waals surface area contributed by atoms with Crippen molar-refractivity contribution >= 4 is 40.5 Å². The summed E-state index contributed by atoms with van der Waals surface area (Å²) in [4.78, 5) is 0. The largest absolute Gasteiger partial charge is 0.417 e. The summed E-state index contributed by atoms with van der Waals surface area (Å²) in [6.07, 6.45) is -4.49. The van der Waals surface area contributed by atoms with Gasteiger partial charge in [-0.1, -0.05) is 34.8 Å². The van der Waals surface area contributed by atoms with Crippen molar-refractivity contribution in [3.63, 3.8) is 0 Å². The molecule has 0 saturated heterocycles. The molecule has 0 fully saturated rings. The predicted molar refractivity (Wildman–Crippen MR) is 64.7 cm³/mol. The van der Waals surface area contributed by atoms with E-state index >= 15 is 0 Å². The molecule has 0 aliphatic rings. The minimum Gasteiger partial charge on any atom is -0.380 e. The number of benzene rings is 1. The van der Waals surface area contributed by atoms with Gasteiger partial charge < -0.3 is 5.32 Å². The van der Waals surface area contributed by atoms with E-state index in [4.69, 9.17) is 34.8 Å². The molecule has 1 rings (SSSR count). The van der Waals surface area contributed by atoms with Crippen LogP contribution in [0.3, 0.4) is 0 Å². The van der Waals surface area contributed by atoms with Gasteiger partial charge in [-0.05, 0) is 18.2 Å². The molecular formula is C10H7Cl3F3N. The smallest absolute Gasteiger partial charge is 0.380 e. The van der Waals surface area contributed by atoms with E-state index in [1.165, 1.54) is 12.1 Å². The van der Waals surface area contributed by atoms with Gasteiger partial charge in [-0.3, -0.25) is 0 Å². The summed E-state index contributed by atoms with van der Waals surface area (Å²) in [5.41, 5.74) is 0.503. The van der Waals surface area contributed by atoms with Crippen LogP contribution in [0.1, 0.15) is 5.56 Å². The lowest BCUT2D eigenvalue weighted by atomic mass is 10.2. The third-order valence-electron chi connectivity index (χ3n) is 1.85. The Morgan fingerprint density at radius 3 is 2.53 bits per heavy atom. The molecule has 0 atom stereocenters. The quantitative estimate of drug-likeness (QED) is 0.820. The van der Waals surface area contributed by atoms with Gasteiger partial charge in [0.15, 0.2) is 0 Å². The molecule has 1 N–H and O–H groups in total. The summed E-state index contributed by atoms with van der Waals surface area (Å²) >= 11 is 16.4. The Morgan fingerprint density at radius 1 is 1.35 bits per heavy atom. The van der Waals surface area contributed by atoms with Crippen LogP contribution in [-0.2, 0) is 6.18 Å². The minimum absolute atomic E-state index is 0.143. The summed E-state index contributed by atoms with van der Waals surface area (Å²) < 4.78 is 37.6. The third kappa shape index (κ3) is 4.30. The van der Waals surface area contributed by atoms with Crippen LogP contribution in [0.2, 0.25) is 5.02 Å². The van der Waals surface area contributed by atoms with Gasteiger partial charge in [-0.15, -0.1) is 0 Å². The number of alkyl halides is 3. The zero-order valence-electron chi connectivity index (χ0n) is 8.28. The number of rotatable bonds is 3. The fraction of sp³-hybridized carbons (Fsp3) is 0.200. The molecule has 7 heteroatoms. The molecule has 1 aromatic carbocycles. The second-order valence-corrected chi connectivity index (χ2v) is 4.21. The van der Waals surface area contributed by atoms with Gasteiger partial charge >= 0.3 is 6.18 Å². The zero-order chi connectivity index (χ0) is 13.1. The molecular weight excluding hydrogens is 297 g/mol. The van der Waals surface area contributed by atoms with E-state index < -0.39 is 11.7 Å². The first kappa shape index (κ1) is 14.5. The zero-order valence-corrected chi connectivity index (χ0v) is 10.6. The van der Waals surface area contributed by atoms with E-state index in [-0.39, 0.29) is 22.3 Å². The van der Waals surface area contributed by atoms with Crippen LogP contribution in [0.5, 0.6) is 0 Å². The van der Waals surface area contributed by atoms with Gasteiger partial charge in [0.1, 0.15) is 0 Å². The van der Waals surface area contributed by atoms with E-state index in [0.29, 0.717) is 0 Å². The molecule has 1 aromatic rings. The molecule has 0 radical (unpaired) electrons. The Bertz CT molecular complexity index is 429. The Kier molecular flexibility index (Phi) is 4.98. The maximum Gasteiger partial charge on any atom is 0.417 e. The molecule has 0 aliphatic heterocycles. The van der Waals surface area contributed by atoms with Gasteiger partial charge in [-0.2, -0.15) is 13.2 Å². The molecule has 0 aliphatic carbocycles. The summed E-state index contributed by atoms with van der Waals surface area (Å²) in [7, 11) is 0. The first-order valence-corrected chi connectivity index (χ1v) is 5.59. The number of anilines is 1. The van der Waals surface area contributed by atoms with Crippen LogP contribution in [-0.4, -0.2) is 6.54 Å². The molecule has 17 heavy (non-hydrogen) atoms. The van der Waals surface area contributed by atoms with Crippen molar-refractivity contribution in [3.05, 3.63) is 39.4 Å². The second-order valence-electron chi connectivity index (χ2n) is 3.10. The lowest BCUT2D eigenvalue weighted by molar-refractivity contribution is -0.137. The molecule has 0 amide bonds. The summed E-state index contributed by atoms with van der Waals surface area (Å²) in [5, 5.41) is 2.63. The van der Waals surface area contributed by atoms with E-state index in [0.717, 1.165) is 11.6 Å². The van der Waals surface area contributed by atoms with Crippen LogP contribution >= 0.6 is 34.8 Å². The second kappa shape index (κ2) is 5.85. The molecule has 0 unspecified atom stereocenters. The number of hydrogen-bond acceptors (Lipinski definition) is 1. The van der Waals surface area contributed by atoms with Gasteiger partial charge in [0.05, 0.1) is 17.1 Å². The van der Waals surface area contributed by atoms with E-state index in [2.05, 4.69) is 5.32 Å². The van der Waals surface area contributed by atoms with Crippen molar-refractivity contribution in [2.45, 2.75) is 6.18 Å². The molecule has 0 bridgehead atoms. The van der Waals surface area contributed by atoms with Crippen LogP contribution < -0.4 is 5.32 Å². The van der Waals surface area contributed by atoms with Crippen molar-refractivity contribution in [1.29, 1.82) is 0 Å². The normalized spacial score (nSPS) is 12.7. The molecule has 0 heterocycles. The van der Waals surface area contributed by atoms with Gasteiger partial charge in [-0.25, -0.2) is 0 Å². The van der Waals surface area contributed by atoms with Crippen molar-refractivity contribution in [3.8, 4) is 0 Å². The Labute approximate surface area is 111 Å². The fourth-order valence-electron chi connectivity index (χ4n) is 1.08. The van der Waals surface area contributed by atoms with E-state index in [1.807, 2.05) is 0 Å². The van der Waals surface area contributed by atoms with Gasteiger partial charge in [0, 0.05) is 16.3 Å². The average Bonchev–Trinajstić information content (AvgIpc) is 2.26. The third-order valence-corrected chi connectivity index (χ3v) is 2.80. The van der Waals surface area contributed by atoms with Gasteiger partial charge in [0.25, 0.3) is 0 Å². The monoisotopic (exact) mass is 303 g/mol. The summed E-state index contributed by atoms with van der Waals surface area (Å²) in [5.74, 6) is 0. The summed E-state index contributed by atoms with van der Waals surface area (Å²) in [6, 6.07) is 3.52. The topological polar surface area (TPSA) is 12.0 Å². The van der Waals surface area contributed by atoms with Crippen LogP contribution in [0, 0.1) is 0 Å². The van der Waals surface area contributed by atoms with E-state index in [1.54, 1.807) is 0 Å².